The molecule has 0 aromatic rings. The predicted octanol–water partition coefficient (Wildman–Crippen LogP) is 2.30. The molecule has 1 amide bonds. The number of hydrogen-bond acceptors (Lipinski definition) is 2. The van der Waals surface area contributed by atoms with Crippen molar-refractivity contribution in [2.24, 2.45) is 11.3 Å². The van der Waals surface area contributed by atoms with Gasteiger partial charge in [0.05, 0.1) is 0 Å². The lowest BCUT2D eigenvalue weighted by atomic mass is 9.80. The molecule has 3 nitrogen and oxygen atoms in total. The summed E-state index contributed by atoms with van der Waals surface area (Å²) in [6.45, 7) is 13.6. The van der Waals surface area contributed by atoms with Gasteiger partial charge in [-0.1, -0.05) is 27.7 Å². The third kappa shape index (κ3) is 4.84. The van der Waals surface area contributed by atoms with Crippen molar-refractivity contribution in [3.63, 3.8) is 0 Å². The first kappa shape index (κ1) is 16.7. The van der Waals surface area contributed by atoms with Gasteiger partial charge in [-0.2, -0.15) is 0 Å². The van der Waals surface area contributed by atoms with Gasteiger partial charge in [-0.3, -0.25) is 4.79 Å². The molecule has 0 spiro atoms. The van der Waals surface area contributed by atoms with Crippen LogP contribution in [0.1, 0.15) is 41.0 Å². The zero-order valence-corrected chi connectivity index (χ0v) is 12.6. The fraction of sp³-hybridized carbons (Fsp3) is 0.923. The van der Waals surface area contributed by atoms with Gasteiger partial charge in [-0.25, -0.2) is 0 Å². The Labute approximate surface area is 112 Å². The summed E-state index contributed by atoms with van der Waals surface area (Å²) in [6.07, 6.45) is 0.674. The van der Waals surface area contributed by atoms with Crippen molar-refractivity contribution in [2.75, 3.05) is 19.6 Å². The number of carbonyl (C=O) groups excluding carboxylic acids is 1. The fourth-order valence-electron chi connectivity index (χ4n) is 1.90. The highest BCUT2D eigenvalue weighted by Gasteiger charge is 2.28. The minimum Gasteiger partial charge on any atom is -0.337 e. The van der Waals surface area contributed by atoms with Crippen LogP contribution in [0.5, 0.6) is 0 Å². The maximum absolute atomic E-state index is 12.2. The smallest absolute Gasteiger partial charge is 0.223 e. The zero-order valence-electron chi connectivity index (χ0n) is 11.7. The lowest BCUT2D eigenvalue weighted by Crippen LogP contribution is -2.52. The molecular formula is C13H27ClN2O. The Morgan fingerprint density at radius 1 is 1.47 bits per heavy atom. The molecule has 0 aromatic carbocycles. The largest absolute Gasteiger partial charge is 0.337 e. The summed E-state index contributed by atoms with van der Waals surface area (Å²) in [5.74, 6) is 0.749. The molecule has 0 aromatic heterocycles. The number of nitrogens with zero attached hydrogens (tertiary/aromatic N) is 1. The van der Waals surface area contributed by atoms with Gasteiger partial charge in [0, 0.05) is 32.1 Å². The van der Waals surface area contributed by atoms with E-state index in [2.05, 4.69) is 39.9 Å². The SMILES string of the molecule is CC1CNCCN1C(=O)CC(C)C(C)(C)C.Cl. The molecule has 0 saturated carbocycles. The predicted molar refractivity (Wildman–Crippen MR) is 74.5 cm³/mol. The van der Waals surface area contributed by atoms with Crippen molar-refractivity contribution in [3.05, 3.63) is 0 Å². The molecule has 1 aliphatic rings. The van der Waals surface area contributed by atoms with Crippen LogP contribution in [0.3, 0.4) is 0 Å². The van der Waals surface area contributed by atoms with E-state index in [1.54, 1.807) is 0 Å². The first-order valence-electron chi connectivity index (χ1n) is 6.32. The van der Waals surface area contributed by atoms with Gasteiger partial charge in [-0.05, 0) is 18.3 Å². The van der Waals surface area contributed by atoms with Crippen molar-refractivity contribution >= 4 is 18.3 Å². The van der Waals surface area contributed by atoms with Crippen LogP contribution in [-0.2, 0) is 4.79 Å². The fourth-order valence-corrected chi connectivity index (χ4v) is 1.90. The van der Waals surface area contributed by atoms with Gasteiger partial charge in [0.15, 0.2) is 0 Å². The van der Waals surface area contributed by atoms with E-state index in [1.807, 2.05) is 4.90 Å². The highest BCUT2D eigenvalue weighted by molar-refractivity contribution is 5.85. The summed E-state index contributed by atoms with van der Waals surface area (Å²) < 4.78 is 0. The van der Waals surface area contributed by atoms with Crippen molar-refractivity contribution in [2.45, 2.75) is 47.1 Å². The van der Waals surface area contributed by atoms with Crippen molar-refractivity contribution in [1.29, 1.82) is 0 Å². The quantitative estimate of drug-likeness (QED) is 0.828. The van der Waals surface area contributed by atoms with Gasteiger partial charge < -0.3 is 10.2 Å². The Morgan fingerprint density at radius 3 is 2.53 bits per heavy atom. The van der Waals surface area contributed by atoms with Crippen LogP contribution in [0.4, 0.5) is 0 Å². The van der Waals surface area contributed by atoms with Crippen LogP contribution < -0.4 is 5.32 Å². The molecule has 2 atom stereocenters. The van der Waals surface area contributed by atoms with Crippen LogP contribution in [-0.4, -0.2) is 36.5 Å². The number of rotatable bonds is 2. The molecule has 17 heavy (non-hydrogen) atoms. The number of amides is 1. The molecule has 0 aliphatic carbocycles. The lowest BCUT2D eigenvalue weighted by molar-refractivity contribution is -0.135. The number of hydrogen-bond donors (Lipinski definition) is 1. The molecule has 2 unspecified atom stereocenters. The topological polar surface area (TPSA) is 32.3 Å². The third-order valence-corrected chi connectivity index (χ3v) is 3.78. The summed E-state index contributed by atoms with van der Waals surface area (Å²) in [7, 11) is 0. The maximum atomic E-state index is 12.2. The average Bonchev–Trinajstić information content (AvgIpc) is 2.16. The second kappa shape index (κ2) is 6.60. The van der Waals surface area contributed by atoms with Gasteiger partial charge in [-0.15, -0.1) is 12.4 Å². The third-order valence-electron chi connectivity index (χ3n) is 3.78. The number of piperazine rings is 1. The highest BCUT2D eigenvalue weighted by atomic mass is 35.5. The van der Waals surface area contributed by atoms with E-state index in [9.17, 15) is 4.79 Å². The highest BCUT2D eigenvalue weighted by Crippen LogP contribution is 2.28. The van der Waals surface area contributed by atoms with E-state index in [0.717, 1.165) is 19.6 Å². The molecule has 1 heterocycles. The van der Waals surface area contributed by atoms with E-state index < -0.39 is 0 Å². The van der Waals surface area contributed by atoms with E-state index >= 15 is 0 Å². The first-order chi connectivity index (χ1) is 7.32. The normalized spacial score (nSPS) is 22.9. The molecule has 1 N–H and O–H groups in total. The second-order valence-electron chi connectivity index (χ2n) is 6.11. The summed E-state index contributed by atoms with van der Waals surface area (Å²) in [6, 6.07) is 0.341. The van der Waals surface area contributed by atoms with Crippen LogP contribution in [0.2, 0.25) is 0 Å². The van der Waals surface area contributed by atoms with Crippen LogP contribution in [0, 0.1) is 11.3 Å². The molecule has 102 valence electrons. The number of carbonyl (C=O) groups is 1. The van der Waals surface area contributed by atoms with Gasteiger partial charge in [0.2, 0.25) is 5.91 Å². The number of nitrogens with one attached hydrogen (secondary N) is 1. The molecule has 1 rings (SSSR count). The Morgan fingerprint density at radius 2 is 2.06 bits per heavy atom. The van der Waals surface area contributed by atoms with Gasteiger partial charge in [0.1, 0.15) is 0 Å². The Kier molecular flexibility index (Phi) is 6.49. The minimum atomic E-state index is 0. The lowest BCUT2D eigenvalue weighted by Gasteiger charge is -2.36. The van der Waals surface area contributed by atoms with E-state index in [0.29, 0.717) is 24.3 Å². The molecule has 1 aliphatic heterocycles. The van der Waals surface area contributed by atoms with E-state index in [4.69, 9.17) is 0 Å². The monoisotopic (exact) mass is 262 g/mol. The molecule has 0 bridgehead atoms. The van der Waals surface area contributed by atoms with E-state index in [1.165, 1.54) is 0 Å². The molecule has 0 radical (unpaired) electrons. The standard InChI is InChI=1S/C13H26N2O.ClH/c1-10(13(3,4)5)8-12(16)15-7-6-14-9-11(15)2;/h10-11,14H,6-9H2,1-5H3;1H. The van der Waals surface area contributed by atoms with Crippen LogP contribution in [0.15, 0.2) is 0 Å². The van der Waals surface area contributed by atoms with E-state index in [-0.39, 0.29) is 17.8 Å². The Hall–Kier alpha value is -0.280. The Bertz CT molecular complexity index is 250. The van der Waals surface area contributed by atoms with Crippen molar-refractivity contribution < 1.29 is 4.79 Å². The van der Waals surface area contributed by atoms with Gasteiger partial charge in [0.25, 0.3) is 0 Å². The molecule has 1 fully saturated rings. The van der Waals surface area contributed by atoms with Crippen molar-refractivity contribution in [1.82, 2.24) is 10.2 Å². The van der Waals surface area contributed by atoms with Crippen LogP contribution >= 0.6 is 12.4 Å². The van der Waals surface area contributed by atoms with Gasteiger partial charge >= 0.3 is 0 Å². The number of halogens is 1. The summed E-state index contributed by atoms with van der Waals surface area (Å²) in [4.78, 5) is 14.2. The first-order valence-corrected chi connectivity index (χ1v) is 6.32. The van der Waals surface area contributed by atoms with Crippen molar-refractivity contribution in [3.8, 4) is 0 Å². The summed E-state index contributed by atoms with van der Waals surface area (Å²) in [5.41, 5.74) is 0.215. The van der Waals surface area contributed by atoms with Crippen LogP contribution in [0.25, 0.3) is 0 Å². The maximum Gasteiger partial charge on any atom is 0.223 e. The summed E-state index contributed by atoms with van der Waals surface area (Å²) in [5, 5.41) is 3.31. The zero-order chi connectivity index (χ0) is 12.3. The average molecular weight is 263 g/mol. The molecular weight excluding hydrogens is 236 g/mol. The molecule has 4 heteroatoms. The Balaban J connectivity index is 0.00000256. The second-order valence-corrected chi connectivity index (χ2v) is 6.11. The summed E-state index contributed by atoms with van der Waals surface area (Å²) >= 11 is 0. The molecule has 1 saturated heterocycles. The minimum absolute atomic E-state index is 0.